The van der Waals surface area contributed by atoms with Crippen LogP contribution in [-0.2, 0) is 0 Å². The number of aryl methyl sites for hydroxylation is 1. The van der Waals surface area contributed by atoms with E-state index in [2.05, 4.69) is 15.4 Å². The molecule has 1 aromatic heterocycles. The van der Waals surface area contributed by atoms with Gasteiger partial charge in [-0.3, -0.25) is 4.57 Å². The molecule has 0 atom stereocenters. The summed E-state index contributed by atoms with van der Waals surface area (Å²) in [4.78, 5) is 0. The molecule has 0 amide bonds. The van der Waals surface area contributed by atoms with Crippen molar-refractivity contribution in [3.05, 3.63) is 76.8 Å². The highest BCUT2D eigenvalue weighted by atomic mass is 35.5. The van der Waals surface area contributed by atoms with Crippen molar-refractivity contribution in [2.24, 2.45) is 5.16 Å². The molecule has 5 nitrogen and oxygen atoms in total. The highest BCUT2D eigenvalue weighted by molar-refractivity contribution is 6.31. The van der Waals surface area contributed by atoms with Crippen LogP contribution in [0.5, 0.6) is 0 Å². The Morgan fingerprint density at radius 1 is 1.18 bits per heavy atom. The average molecular weight is 313 g/mol. The first-order chi connectivity index (χ1) is 10.7. The molecule has 0 bridgehead atoms. The van der Waals surface area contributed by atoms with Gasteiger partial charge in [0.15, 0.2) is 0 Å². The van der Waals surface area contributed by atoms with E-state index in [0.29, 0.717) is 16.3 Å². The van der Waals surface area contributed by atoms with Crippen LogP contribution in [0.2, 0.25) is 5.02 Å². The van der Waals surface area contributed by atoms with Gasteiger partial charge in [-0.05, 0) is 25.1 Å². The lowest BCUT2D eigenvalue weighted by Crippen LogP contribution is -2.09. The van der Waals surface area contributed by atoms with Crippen LogP contribution in [0.4, 0.5) is 0 Å². The summed E-state index contributed by atoms with van der Waals surface area (Å²) in [6.07, 6.45) is 1.61. The van der Waals surface area contributed by atoms with Gasteiger partial charge in [-0.2, -0.15) is 0 Å². The second kappa shape index (κ2) is 5.99. The Balaban J connectivity index is 2.22. The van der Waals surface area contributed by atoms with E-state index in [-0.39, 0.29) is 0 Å². The van der Waals surface area contributed by atoms with Gasteiger partial charge in [-0.15, -0.1) is 10.2 Å². The summed E-state index contributed by atoms with van der Waals surface area (Å²) in [5.41, 5.74) is 2.72. The van der Waals surface area contributed by atoms with Gasteiger partial charge in [0, 0.05) is 16.1 Å². The van der Waals surface area contributed by atoms with Crippen molar-refractivity contribution in [1.29, 1.82) is 0 Å². The SMILES string of the molecule is Cc1nncn1-c1ccc(Cl)cc1/C(=N/O)c1ccccc1. The highest BCUT2D eigenvalue weighted by Gasteiger charge is 2.15. The van der Waals surface area contributed by atoms with Crippen LogP contribution in [-0.4, -0.2) is 25.7 Å². The number of aromatic nitrogens is 3. The minimum absolute atomic E-state index is 0.436. The lowest BCUT2D eigenvalue weighted by atomic mass is 10.0. The van der Waals surface area contributed by atoms with Crippen LogP contribution in [0.3, 0.4) is 0 Å². The number of hydrogen-bond acceptors (Lipinski definition) is 4. The monoisotopic (exact) mass is 312 g/mol. The first-order valence-electron chi connectivity index (χ1n) is 6.65. The second-order valence-electron chi connectivity index (χ2n) is 4.72. The number of benzene rings is 2. The van der Waals surface area contributed by atoms with Crippen molar-refractivity contribution in [3.8, 4) is 5.69 Å². The fraction of sp³-hybridized carbons (Fsp3) is 0.0625. The molecular weight excluding hydrogens is 300 g/mol. The summed E-state index contributed by atoms with van der Waals surface area (Å²) < 4.78 is 1.82. The van der Waals surface area contributed by atoms with Crippen LogP contribution in [0.15, 0.2) is 60.0 Å². The summed E-state index contributed by atoms with van der Waals surface area (Å²) in [7, 11) is 0. The molecule has 2 aromatic carbocycles. The Kier molecular flexibility index (Phi) is 3.89. The number of oxime groups is 1. The fourth-order valence-electron chi connectivity index (χ4n) is 2.30. The third-order valence-corrected chi connectivity index (χ3v) is 3.57. The molecule has 0 aliphatic rings. The molecule has 1 N–H and O–H groups in total. The van der Waals surface area contributed by atoms with Crippen molar-refractivity contribution in [2.75, 3.05) is 0 Å². The van der Waals surface area contributed by atoms with Crippen LogP contribution in [0.1, 0.15) is 17.0 Å². The molecule has 3 rings (SSSR count). The normalized spacial score (nSPS) is 11.6. The largest absolute Gasteiger partial charge is 0.410 e. The molecule has 0 fully saturated rings. The zero-order valence-electron chi connectivity index (χ0n) is 11.8. The van der Waals surface area contributed by atoms with Crippen molar-refractivity contribution < 1.29 is 5.21 Å². The Morgan fingerprint density at radius 3 is 2.59 bits per heavy atom. The summed E-state index contributed by atoms with van der Waals surface area (Å²) in [5, 5.41) is 21.4. The maximum absolute atomic E-state index is 9.52. The number of rotatable bonds is 3. The van der Waals surface area contributed by atoms with E-state index in [9.17, 15) is 5.21 Å². The lowest BCUT2D eigenvalue weighted by molar-refractivity contribution is 0.319. The molecule has 0 spiro atoms. The van der Waals surface area contributed by atoms with Gasteiger partial charge >= 0.3 is 0 Å². The molecule has 6 heteroatoms. The van der Waals surface area contributed by atoms with Crippen LogP contribution in [0, 0.1) is 6.92 Å². The van der Waals surface area contributed by atoms with Crippen molar-refractivity contribution in [3.63, 3.8) is 0 Å². The molecule has 0 radical (unpaired) electrons. The van der Waals surface area contributed by atoms with Crippen LogP contribution in [0.25, 0.3) is 5.69 Å². The maximum atomic E-state index is 9.52. The van der Waals surface area contributed by atoms with Crippen molar-refractivity contribution >= 4 is 17.3 Å². The molecule has 22 heavy (non-hydrogen) atoms. The molecule has 3 aromatic rings. The Hall–Kier alpha value is -2.66. The molecule has 0 aliphatic carbocycles. The Morgan fingerprint density at radius 2 is 1.95 bits per heavy atom. The topological polar surface area (TPSA) is 63.3 Å². The van der Waals surface area contributed by atoms with Gasteiger partial charge in [0.2, 0.25) is 0 Å². The third kappa shape index (κ3) is 2.58. The number of halogens is 1. The zero-order valence-corrected chi connectivity index (χ0v) is 12.6. The van der Waals surface area contributed by atoms with E-state index in [1.165, 1.54) is 0 Å². The molecule has 0 unspecified atom stereocenters. The quantitative estimate of drug-likeness (QED) is 0.457. The molecule has 0 saturated heterocycles. The van der Waals surface area contributed by atoms with Gasteiger partial charge in [0.25, 0.3) is 0 Å². The summed E-state index contributed by atoms with van der Waals surface area (Å²) in [6.45, 7) is 1.85. The maximum Gasteiger partial charge on any atom is 0.134 e. The van der Waals surface area contributed by atoms with E-state index < -0.39 is 0 Å². The summed E-state index contributed by atoms with van der Waals surface area (Å²) in [5.74, 6) is 0.730. The fourth-order valence-corrected chi connectivity index (χ4v) is 2.47. The second-order valence-corrected chi connectivity index (χ2v) is 5.16. The minimum Gasteiger partial charge on any atom is -0.410 e. The van der Waals surface area contributed by atoms with Gasteiger partial charge < -0.3 is 5.21 Å². The van der Waals surface area contributed by atoms with E-state index in [4.69, 9.17) is 11.6 Å². The molecular formula is C16H13ClN4O. The molecule has 1 heterocycles. The highest BCUT2D eigenvalue weighted by Crippen LogP contribution is 2.24. The van der Waals surface area contributed by atoms with E-state index >= 15 is 0 Å². The van der Waals surface area contributed by atoms with E-state index in [1.54, 1.807) is 18.5 Å². The predicted octanol–water partition coefficient (Wildman–Crippen LogP) is 3.46. The molecule has 0 saturated carbocycles. The van der Waals surface area contributed by atoms with Gasteiger partial charge in [0.05, 0.1) is 5.69 Å². The van der Waals surface area contributed by atoms with E-state index in [1.807, 2.05) is 47.9 Å². The summed E-state index contributed by atoms with van der Waals surface area (Å²) in [6, 6.07) is 14.8. The first-order valence-corrected chi connectivity index (χ1v) is 7.03. The molecule has 110 valence electrons. The van der Waals surface area contributed by atoms with Gasteiger partial charge in [-0.1, -0.05) is 47.1 Å². The smallest absolute Gasteiger partial charge is 0.134 e. The zero-order chi connectivity index (χ0) is 15.5. The van der Waals surface area contributed by atoms with Gasteiger partial charge in [0.1, 0.15) is 17.9 Å². The Bertz CT molecular complexity index is 827. The predicted molar refractivity (Wildman–Crippen MR) is 85.0 cm³/mol. The lowest BCUT2D eigenvalue weighted by Gasteiger charge is -2.13. The first kappa shape index (κ1) is 14.3. The molecule has 0 aliphatic heterocycles. The standard InChI is InChI=1S/C16H13ClN4O/c1-11-19-18-10-21(11)15-8-7-13(17)9-14(15)16(20-22)12-5-3-2-4-6-12/h2-10,22H,1H3/b20-16+. The number of hydrogen-bond donors (Lipinski definition) is 1. The van der Waals surface area contributed by atoms with Crippen LogP contribution >= 0.6 is 11.6 Å². The summed E-state index contributed by atoms with van der Waals surface area (Å²) >= 11 is 6.13. The number of nitrogens with zero attached hydrogens (tertiary/aromatic N) is 4. The average Bonchev–Trinajstić information content (AvgIpc) is 2.95. The van der Waals surface area contributed by atoms with Crippen LogP contribution < -0.4 is 0 Å². The van der Waals surface area contributed by atoms with Crippen molar-refractivity contribution in [1.82, 2.24) is 14.8 Å². The van der Waals surface area contributed by atoms with Gasteiger partial charge in [-0.25, -0.2) is 0 Å². The Labute approximate surface area is 132 Å². The third-order valence-electron chi connectivity index (χ3n) is 3.34. The van der Waals surface area contributed by atoms with Crippen molar-refractivity contribution in [2.45, 2.75) is 6.92 Å². The minimum atomic E-state index is 0.436. The van der Waals surface area contributed by atoms with E-state index in [0.717, 1.165) is 17.1 Å².